The van der Waals surface area contributed by atoms with Crippen molar-refractivity contribution in [3.63, 3.8) is 0 Å². The van der Waals surface area contributed by atoms with Crippen LogP contribution in [0.25, 0.3) is 0 Å². The van der Waals surface area contributed by atoms with Crippen molar-refractivity contribution >= 4 is 46.3 Å². The van der Waals surface area contributed by atoms with Gasteiger partial charge in [-0.25, -0.2) is 0 Å². The zero-order valence-electron chi connectivity index (χ0n) is 17.5. The molecule has 1 amide bonds. The number of azo groups is 1. The minimum Gasteiger partial charge on any atom is -0.495 e. The normalized spacial score (nSPS) is 11.7. The van der Waals surface area contributed by atoms with Crippen LogP contribution in [0.4, 0.5) is 11.4 Å². The molecule has 1 N–H and O–H groups in total. The molecule has 9 nitrogen and oxygen atoms in total. The first-order valence-electron chi connectivity index (χ1n) is 8.80. The lowest BCUT2D eigenvalue weighted by Gasteiger charge is -2.16. The maximum Gasteiger partial charge on any atom is 0.259 e. The monoisotopic (exact) mass is 469 g/mol. The van der Waals surface area contributed by atoms with Gasteiger partial charge in [-0.05, 0) is 13.0 Å². The molecule has 0 saturated carbocycles. The number of anilines is 1. The summed E-state index contributed by atoms with van der Waals surface area (Å²) in [5.74, 6) is -0.101. The van der Waals surface area contributed by atoms with Crippen molar-refractivity contribution in [2.45, 2.75) is 13.0 Å². The van der Waals surface area contributed by atoms with Gasteiger partial charge >= 0.3 is 0 Å². The van der Waals surface area contributed by atoms with Gasteiger partial charge in [0.15, 0.2) is 5.78 Å². The molecule has 2 aromatic rings. The van der Waals surface area contributed by atoms with Gasteiger partial charge in [-0.1, -0.05) is 23.2 Å². The summed E-state index contributed by atoms with van der Waals surface area (Å²) in [7, 11) is 5.69. The van der Waals surface area contributed by atoms with Crippen LogP contribution in [0.3, 0.4) is 0 Å². The van der Waals surface area contributed by atoms with E-state index < -0.39 is 17.7 Å². The third-order valence-electron chi connectivity index (χ3n) is 4.09. The van der Waals surface area contributed by atoms with Crippen LogP contribution >= 0.6 is 23.2 Å². The van der Waals surface area contributed by atoms with Gasteiger partial charge in [-0.2, -0.15) is 10.2 Å². The maximum absolute atomic E-state index is 12.8. The number of rotatable bonds is 9. The van der Waals surface area contributed by atoms with Gasteiger partial charge in [0, 0.05) is 23.2 Å². The summed E-state index contributed by atoms with van der Waals surface area (Å²) in [4.78, 5) is 24.9. The lowest BCUT2D eigenvalue weighted by molar-refractivity contribution is -0.126. The van der Waals surface area contributed by atoms with Crippen molar-refractivity contribution < 1.29 is 28.5 Å². The second-order valence-corrected chi connectivity index (χ2v) is 6.91. The average molecular weight is 470 g/mol. The number of amides is 1. The summed E-state index contributed by atoms with van der Waals surface area (Å²) >= 11 is 12.1. The molecule has 2 aromatic carbocycles. The van der Waals surface area contributed by atoms with Gasteiger partial charge in [-0.3, -0.25) is 9.59 Å². The Labute approximate surface area is 189 Å². The Balaban J connectivity index is 2.37. The average Bonchev–Trinajstić information content (AvgIpc) is 2.74. The number of hydrogen-bond acceptors (Lipinski definition) is 8. The van der Waals surface area contributed by atoms with Crippen molar-refractivity contribution in [2.75, 3.05) is 33.8 Å². The van der Waals surface area contributed by atoms with Crippen molar-refractivity contribution in [3.05, 3.63) is 34.3 Å². The predicted octanol–water partition coefficient (Wildman–Crippen LogP) is 4.71. The standard InChI is InChI=1S/C20H21Cl2N3O6/c1-10(26)18(25-24-13-8-12(22)14(28-2)9-15(13)29-3)20(27)23-19-16(30-4)6-11(21)7-17(19)31-5/h6-9,18H,1-5H3,(H,23,27). The Hall–Kier alpha value is -3.04. The molecule has 0 spiro atoms. The Kier molecular flexibility index (Phi) is 8.47. The van der Waals surface area contributed by atoms with Gasteiger partial charge in [0.25, 0.3) is 5.91 Å². The van der Waals surface area contributed by atoms with E-state index in [-0.39, 0.29) is 27.9 Å². The molecule has 31 heavy (non-hydrogen) atoms. The second kappa shape index (κ2) is 10.8. The maximum atomic E-state index is 12.8. The van der Waals surface area contributed by atoms with E-state index in [0.717, 1.165) is 0 Å². The second-order valence-electron chi connectivity index (χ2n) is 6.06. The van der Waals surface area contributed by atoms with Crippen LogP contribution in [0, 0.1) is 0 Å². The van der Waals surface area contributed by atoms with Crippen molar-refractivity contribution in [1.29, 1.82) is 0 Å². The van der Waals surface area contributed by atoms with Gasteiger partial charge < -0.3 is 24.3 Å². The first-order chi connectivity index (χ1) is 14.7. The van der Waals surface area contributed by atoms with Gasteiger partial charge in [0.05, 0.1) is 33.5 Å². The summed E-state index contributed by atoms with van der Waals surface area (Å²) in [5, 5.41) is 11.1. The lowest BCUT2D eigenvalue weighted by Crippen LogP contribution is -2.32. The van der Waals surface area contributed by atoms with Crippen LogP contribution in [-0.2, 0) is 9.59 Å². The number of Topliss-reactive ketones (excluding diaryl/α,β-unsaturated/α-hetero) is 1. The molecule has 2 rings (SSSR count). The molecule has 0 aliphatic carbocycles. The fourth-order valence-corrected chi connectivity index (χ4v) is 2.99. The highest BCUT2D eigenvalue weighted by Gasteiger charge is 2.26. The van der Waals surface area contributed by atoms with Crippen LogP contribution in [-0.4, -0.2) is 46.2 Å². The third-order valence-corrected chi connectivity index (χ3v) is 4.60. The zero-order valence-corrected chi connectivity index (χ0v) is 19.0. The van der Waals surface area contributed by atoms with Crippen LogP contribution < -0.4 is 24.3 Å². The predicted molar refractivity (Wildman–Crippen MR) is 117 cm³/mol. The van der Waals surface area contributed by atoms with Gasteiger partial charge in [0.2, 0.25) is 6.04 Å². The van der Waals surface area contributed by atoms with E-state index in [4.69, 9.17) is 42.1 Å². The summed E-state index contributed by atoms with van der Waals surface area (Å²) in [5.41, 5.74) is 0.417. The van der Waals surface area contributed by atoms with E-state index in [2.05, 4.69) is 15.5 Å². The van der Waals surface area contributed by atoms with Crippen LogP contribution in [0.2, 0.25) is 10.0 Å². The summed E-state index contributed by atoms with van der Waals surface area (Å²) in [6.07, 6.45) is 0. The topological polar surface area (TPSA) is 108 Å². The highest BCUT2D eigenvalue weighted by atomic mass is 35.5. The number of halogens is 2. The quantitative estimate of drug-likeness (QED) is 0.420. The minimum absolute atomic E-state index is 0.200. The number of carbonyl (C=O) groups excluding carboxylic acids is 2. The number of methoxy groups -OCH3 is 4. The highest BCUT2D eigenvalue weighted by molar-refractivity contribution is 6.32. The molecule has 0 aliphatic heterocycles. The molecule has 0 aliphatic rings. The van der Waals surface area contributed by atoms with Crippen LogP contribution in [0.1, 0.15) is 6.92 Å². The van der Waals surface area contributed by atoms with Crippen LogP contribution in [0.15, 0.2) is 34.5 Å². The van der Waals surface area contributed by atoms with Crippen molar-refractivity contribution in [3.8, 4) is 23.0 Å². The Morgan fingerprint density at radius 1 is 0.871 bits per heavy atom. The molecule has 166 valence electrons. The number of ether oxygens (including phenoxy) is 4. The molecule has 0 aromatic heterocycles. The number of ketones is 1. The van der Waals surface area contributed by atoms with Crippen LogP contribution in [0.5, 0.6) is 23.0 Å². The molecule has 1 atom stereocenters. The molecule has 0 radical (unpaired) electrons. The minimum atomic E-state index is -1.45. The molecular weight excluding hydrogens is 449 g/mol. The highest BCUT2D eigenvalue weighted by Crippen LogP contribution is 2.39. The number of benzene rings is 2. The van der Waals surface area contributed by atoms with E-state index in [1.54, 1.807) is 0 Å². The molecule has 0 heterocycles. The number of carbonyl (C=O) groups is 2. The zero-order chi connectivity index (χ0) is 23.1. The van der Waals surface area contributed by atoms with E-state index in [1.165, 1.54) is 59.6 Å². The third kappa shape index (κ3) is 5.77. The Morgan fingerprint density at radius 3 is 1.90 bits per heavy atom. The van der Waals surface area contributed by atoms with E-state index in [0.29, 0.717) is 16.5 Å². The Morgan fingerprint density at radius 2 is 1.42 bits per heavy atom. The SMILES string of the molecule is COc1cc(OC)c(N=NC(C(C)=O)C(=O)Nc2c(OC)cc(Cl)cc2OC)cc1Cl. The number of nitrogens with zero attached hydrogens (tertiary/aromatic N) is 2. The smallest absolute Gasteiger partial charge is 0.259 e. The summed E-state index contributed by atoms with van der Waals surface area (Å²) in [6, 6.07) is 4.50. The number of nitrogens with one attached hydrogen (secondary N) is 1. The first kappa shape index (κ1) is 24.2. The van der Waals surface area contributed by atoms with Gasteiger partial charge in [0.1, 0.15) is 34.4 Å². The van der Waals surface area contributed by atoms with Crippen molar-refractivity contribution in [1.82, 2.24) is 0 Å². The molecule has 11 heteroatoms. The summed E-state index contributed by atoms with van der Waals surface area (Å²) in [6.45, 7) is 1.22. The largest absolute Gasteiger partial charge is 0.495 e. The fraction of sp³-hybridized carbons (Fsp3) is 0.300. The first-order valence-corrected chi connectivity index (χ1v) is 9.56. The van der Waals surface area contributed by atoms with E-state index >= 15 is 0 Å². The summed E-state index contributed by atoms with van der Waals surface area (Å²) < 4.78 is 20.9. The lowest BCUT2D eigenvalue weighted by atomic mass is 10.2. The molecule has 0 saturated heterocycles. The number of hydrogen-bond donors (Lipinski definition) is 1. The van der Waals surface area contributed by atoms with E-state index in [1.807, 2.05) is 0 Å². The molecular formula is C20H21Cl2N3O6. The van der Waals surface area contributed by atoms with Gasteiger partial charge in [-0.15, -0.1) is 0 Å². The molecule has 1 unspecified atom stereocenters. The Bertz CT molecular complexity index is 988. The fourth-order valence-electron chi connectivity index (χ4n) is 2.56. The molecule has 0 fully saturated rings. The molecule has 0 bridgehead atoms. The van der Waals surface area contributed by atoms with Crippen molar-refractivity contribution in [2.24, 2.45) is 10.2 Å². The van der Waals surface area contributed by atoms with E-state index in [9.17, 15) is 9.59 Å².